The summed E-state index contributed by atoms with van der Waals surface area (Å²) in [7, 11) is 1.62. The average Bonchev–Trinajstić information content (AvgIpc) is 3.15. The number of nitrogens with one attached hydrogen (secondary N) is 2. The van der Waals surface area contributed by atoms with E-state index in [0.29, 0.717) is 23.4 Å². The van der Waals surface area contributed by atoms with Gasteiger partial charge >= 0.3 is 0 Å². The average molecular weight is 419 g/mol. The fourth-order valence-electron chi connectivity index (χ4n) is 3.29. The van der Waals surface area contributed by atoms with Gasteiger partial charge in [-0.2, -0.15) is 0 Å². The van der Waals surface area contributed by atoms with Gasteiger partial charge in [-0.3, -0.25) is 14.2 Å². The molecule has 0 fully saturated rings. The molecule has 2 N–H and O–H groups in total. The second-order valence-corrected chi connectivity index (χ2v) is 7.03. The van der Waals surface area contributed by atoms with Gasteiger partial charge in [0.1, 0.15) is 23.1 Å². The summed E-state index contributed by atoms with van der Waals surface area (Å²) >= 11 is 0. The number of hydrogen-bond acceptors (Lipinski definition) is 5. The normalized spacial score (nSPS) is 10.8. The molecule has 158 valence electrons. The van der Waals surface area contributed by atoms with Crippen molar-refractivity contribution in [1.82, 2.24) is 14.4 Å². The van der Waals surface area contributed by atoms with Gasteiger partial charge in [0.05, 0.1) is 13.3 Å². The summed E-state index contributed by atoms with van der Waals surface area (Å²) in [5.41, 5.74) is 3.37. The molecule has 0 atom stereocenters. The minimum Gasteiger partial charge on any atom is -0.497 e. The highest BCUT2D eigenvalue weighted by Gasteiger charge is 2.15. The molecule has 1 amide bonds. The summed E-state index contributed by atoms with van der Waals surface area (Å²) in [5.74, 6) is 1.02. The van der Waals surface area contributed by atoms with Crippen LogP contribution in [-0.4, -0.2) is 33.9 Å². The summed E-state index contributed by atoms with van der Waals surface area (Å²) in [6.45, 7) is 2.05. The Kier molecular flexibility index (Phi) is 5.79. The zero-order chi connectivity index (χ0) is 21.8. The Morgan fingerprint density at radius 3 is 2.90 bits per heavy atom. The Labute approximate surface area is 178 Å². The van der Waals surface area contributed by atoms with Crippen LogP contribution in [0.3, 0.4) is 0 Å². The largest absolute Gasteiger partial charge is 0.497 e. The lowest BCUT2D eigenvalue weighted by Crippen LogP contribution is -2.17. The smallest absolute Gasteiger partial charge is 0.226 e. The van der Waals surface area contributed by atoms with Crippen molar-refractivity contribution in [3.05, 3.63) is 72.4 Å². The minimum atomic E-state index is -0.299. The lowest BCUT2D eigenvalue weighted by molar-refractivity contribution is -0.115. The van der Waals surface area contributed by atoms with E-state index in [1.54, 1.807) is 38.6 Å². The first-order valence-corrected chi connectivity index (χ1v) is 9.81. The molecule has 2 heterocycles. The lowest BCUT2D eigenvalue weighted by Gasteiger charge is -2.10. The van der Waals surface area contributed by atoms with Crippen molar-refractivity contribution in [3.8, 4) is 17.0 Å². The van der Waals surface area contributed by atoms with Crippen molar-refractivity contribution in [1.29, 1.82) is 0 Å². The number of anilines is 2. The number of ether oxygens (including phenoxy) is 1. The molecule has 0 bridgehead atoms. The number of benzene rings is 2. The molecule has 8 heteroatoms. The summed E-state index contributed by atoms with van der Waals surface area (Å²) in [5, 5.41) is 6.11. The van der Waals surface area contributed by atoms with Crippen molar-refractivity contribution in [2.75, 3.05) is 24.3 Å². The van der Waals surface area contributed by atoms with E-state index in [2.05, 4.69) is 20.6 Å². The van der Waals surface area contributed by atoms with E-state index in [9.17, 15) is 9.18 Å². The third-order valence-corrected chi connectivity index (χ3v) is 4.86. The van der Waals surface area contributed by atoms with E-state index < -0.39 is 0 Å². The number of halogens is 1. The first kappa shape index (κ1) is 20.3. The highest BCUT2D eigenvalue weighted by atomic mass is 19.1. The number of fused-ring (bicyclic) bond motifs is 1. The number of aryl methyl sites for hydroxylation is 1. The number of hydrogen-bond donors (Lipinski definition) is 2. The van der Waals surface area contributed by atoms with Crippen molar-refractivity contribution in [2.45, 2.75) is 13.3 Å². The van der Waals surface area contributed by atoms with E-state index >= 15 is 0 Å². The van der Waals surface area contributed by atoms with Crippen LogP contribution in [0.4, 0.5) is 15.9 Å². The molecule has 0 saturated carbocycles. The van der Waals surface area contributed by atoms with Gasteiger partial charge in [0.2, 0.25) is 5.91 Å². The number of imidazole rings is 1. The van der Waals surface area contributed by atoms with Crippen LogP contribution in [0.1, 0.15) is 12.0 Å². The third-order valence-electron chi connectivity index (χ3n) is 4.86. The van der Waals surface area contributed by atoms with Crippen LogP contribution in [0.5, 0.6) is 5.75 Å². The standard InChI is InChI=1S/C23H22FN5O2/c1-15-12-17(6-7-19(15)24)27-21(30)8-9-26-23-22(16-4-3-5-18(13-16)31-2)28-20-14-25-10-11-29(20)23/h3-7,10-14,26H,8-9H2,1-2H3,(H,27,30). The predicted molar refractivity (Wildman–Crippen MR) is 118 cm³/mol. The van der Waals surface area contributed by atoms with Gasteiger partial charge in [0.25, 0.3) is 0 Å². The molecule has 0 unspecified atom stereocenters. The molecule has 31 heavy (non-hydrogen) atoms. The first-order valence-electron chi connectivity index (χ1n) is 9.81. The van der Waals surface area contributed by atoms with E-state index in [-0.39, 0.29) is 18.1 Å². The Morgan fingerprint density at radius 2 is 2.10 bits per heavy atom. The molecule has 7 nitrogen and oxygen atoms in total. The van der Waals surface area contributed by atoms with Gasteiger partial charge in [-0.25, -0.2) is 9.37 Å². The van der Waals surface area contributed by atoms with Gasteiger partial charge in [0.15, 0.2) is 5.65 Å². The van der Waals surface area contributed by atoms with Crippen LogP contribution >= 0.6 is 0 Å². The molecule has 0 aliphatic rings. The molecule has 2 aromatic heterocycles. The number of aromatic nitrogens is 3. The van der Waals surface area contributed by atoms with E-state index in [1.165, 1.54) is 6.07 Å². The van der Waals surface area contributed by atoms with Crippen molar-refractivity contribution >= 4 is 23.1 Å². The number of methoxy groups -OCH3 is 1. The van der Waals surface area contributed by atoms with Crippen molar-refractivity contribution < 1.29 is 13.9 Å². The monoisotopic (exact) mass is 419 g/mol. The summed E-state index contributed by atoms with van der Waals surface area (Å²) in [6, 6.07) is 12.1. The number of carbonyl (C=O) groups is 1. The maximum absolute atomic E-state index is 13.4. The Hall–Kier alpha value is -3.94. The molecular weight excluding hydrogens is 397 g/mol. The van der Waals surface area contributed by atoms with E-state index in [1.807, 2.05) is 34.9 Å². The van der Waals surface area contributed by atoms with Gasteiger partial charge < -0.3 is 15.4 Å². The fraction of sp³-hybridized carbons (Fsp3) is 0.174. The van der Waals surface area contributed by atoms with Crippen LogP contribution in [0.2, 0.25) is 0 Å². The maximum Gasteiger partial charge on any atom is 0.226 e. The number of carbonyl (C=O) groups excluding carboxylic acids is 1. The topological polar surface area (TPSA) is 80.6 Å². The first-order chi connectivity index (χ1) is 15.0. The Bertz CT molecular complexity index is 1240. The van der Waals surface area contributed by atoms with E-state index in [0.717, 1.165) is 22.8 Å². The molecule has 4 aromatic rings. The summed E-state index contributed by atoms with van der Waals surface area (Å²) < 4.78 is 20.6. The SMILES string of the molecule is COc1cccc(-c2nc3cnccn3c2NCCC(=O)Nc2ccc(F)c(C)c2)c1. The highest BCUT2D eigenvalue weighted by molar-refractivity contribution is 5.91. The Balaban J connectivity index is 1.51. The second-order valence-electron chi connectivity index (χ2n) is 7.03. The zero-order valence-electron chi connectivity index (χ0n) is 17.2. The van der Waals surface area contributed by atoms with Crippen LogP contribution in [0, 0.1) is 12.7 Å². The van der Waals surface area contributed by atoms with E-state index in [4.69, 9.17) is 4.74 Å². The zero-order valence-corrected chi connectivity index (χ0v) is 17.2. The molecule has 2 aromatic carbocycles. The fourth-order valence-corrected chi connectivity index (χ4v) is 3.29. The quantitative estimate of drug-likeness (QED) is 0.467. The summed E-state index contributed by atoms with van der Waals surface area (Å²) in [4.78, 5) is 21.2. The molecule has 4 rings (SSSR count). The molecular formula is C23H22FN5O2. The number of nitrogens with zero attached hydrogens (tertiary/aromatic N) is 3. The van der Waals surface area contributed by atoms with Crippen LogP contribution in [0.15, 0.2) is 61.1 Å². The Morgan fingerprint density at radius 1 is 1.23 bits per heavy atom. The molecule has 0 saturated heterocycles. The van der Waals surface area contributed by atoms with Crippen LogP contribution in [-0.2, 0) is 4.79 Å². The maximum atomic E-state index is 13.4. The second kappa shape index (κ2) is 8.83. The number of rotatable bonds is 7. The third kappa shape index (κ3) is 4.48. The molecule has 0 aliphatic heterocycles. The van der Waals surface area contributed by atoms with Gasteiger partial charge in [-0.15, -0.1) is 0 Å². The highest BCUT2D eigenvalue weighted by Crippen LogP contribution is 2.30. The van der Waals surface area contributed by atoms with Crippen LogP contribution in [0.25, 0.3) is 16.9 Å². The molecule has 0 spiro atoms. The lowest BCUT2D eigenvalue weighted by atomic mass is 10.1. The van der Waals surface area contributed by atoms with Crippen LogP contribution < -0.4 is 15.4 Å². The van der Waals surface area contributed by atoms with Crippen molar-refractivity contribution in [2.24, 2.45) is 0 Å². The number of amides is 1. The van der Waals surface area contributed by atoms with Gasteiger partial charge in [-0.05, 0) is 42.8 Å². The minimum absolute atomic E-state index is 0.170. The molecule has 0 radical (unpaired) electrons. The molecule has 0 aliphatic carbocycles. The van der Waals surface area contributed by atoms with Gasteiger partial charge in [0, 0.05) is 36.6 Å². The summed E-state index contributed by atoms with van der Waals surface area (Å²) in [6.07, 6.45) is 5.40. The van der Waals surface area contributed by atoms with Crippen molar-refractivity contribution in [3.63, 3.8) is 0 Å². The predicted octanol–water partition coefficient (Wildman–Crippen LogP) is 4.29. The van der Waals surface area contributed by atoms with Gasteiger partial charge in [-0.1, -0.05) is 12.1 Å².